The summed E-state index contributed by atoms with van der Waals surface area (Å²) in [5.74, 6) is 0.314. The average molecular weight is 357 g/mol. The van der Waals surface area contributed by atoms with Crippen molar-refractivity contribution in [3.63, 3.8) is 0 Å². The molecule has 1 heterocycles. The first-order valence-corrected chi connectivity index (χ1v) is 9.22. The van der Waals surface area contributed by atoms with Crippen LogP contribution in [0.4, 0.5) is 0 Å². The summed E-state index contributed by atoms with van der Waals surface area (Å²) in [6.45, 7) is 6.81. The van der Waals surface area contributed by atoms with Gasteiger partial charge in [-0.1, -0.05) is 43.1 Å². The number of halogens is 2. The summed E-state index contributed by atoms with van der Waals surface area (Å²) in [5, 5.41) is 7.61. The highest BCUT2D eigenvalue weighted by Gasteiger charge is 2.31. The number of piperidine rings is 1. The molecule has 1 fully saturated rings. The number of carbonyl (C=O) groups is 1. The van der Waals surface area contributed by atoms with Crippen LogP contribution in [-0.2, 0) is 10.2 Å². The Bertz CT molecular complexity index is 538. The lowest BCUT2D eigenvalue weighted by Gasteiger charge is -2.34. The first kappa shape index (κ1) is 18.6. The number of rotatable bonds is 6. The Labute approximate surface area is 149 Å². The van der Waals surface area contributed by atoms with Crippen LogP contribution in [0.15, 0.2) is 18.2 Å². The number of benzene rings is 1. The molecule has 0 saturated carbocycles. The molecular formula is C18H26Cl2N2O. The zero-order valence-electron chi connectivity index (χ0n) is 13.9. The summed E-state index contributed by atoms with van der Waals surface area (Å²) >= 11 is 12.2. The third-order valence-corrected chi connectivity index (χ3v) is 5.94. The number of hydrogen-bond donors (Lipinski definition) is 2. The van der Waals surface area contributed by atoms with Gasteiger partial charge in [-0.15, -0.1) is 0 Å². The van der Waals surface area contributed by atoms with E-state index in [0.29, 0.717) is 16.6 Å². The van der Waals surface area contributed by atoms with Crippen LogP contribution < -0.4 is 10.6 Å². The van der Waals surface area contributed by atoms with E-state index in [1.807, 2.05) is 18.2 Å². The van der Waals surface area contributed by atoms with Gasteiger partial charge in [0.05, 0.1) is 10.0 Å². The Morgan fingerprint density at radius 3 is 2.43 bits per heavy atom. The predicted octanol–water partition coefficient (Wildman–Crippen LogP) is 4.17. The van der Waals surface area contributed by atoms with Gasteiger partial charge in [-0.2, -0.15) is 0 Å². The van der Waals surface area contributed by atoms with E-state index in [0.717, 1.165) is 44.3 Å². The van der Waals surface area contributed by atoms with Gasteiger partial charge in [0.1, 0.15) is 0 Å². The topological polar surface area (TPSA) is 41.1 Å². The Morgan fingerprint density at radius 1 is 1.22 bits per heavy atom. The average Bonchev–Trinajstić information content (AvgIpc) is 2.59. The van der Waals surface area contributed by atoms with Gasteiger partial charge in [-0.25, -0.2) is 0 Å². The van der Waals surface area contributed by atoms with Crippen molar-refractivity contribution >= 4 is 29.1 Å². The Morgan fingerprint density at radius 2 is 1.87 bits per heavy atom. The Hall–Kier alpha value is -0.770. The fourth-order valence-electron chi connectivity index (χ4n) is 3.32. The second-order valence-electron chi connectivity index (χ2n) is 6.36. The third kappa shape index (κ3) is 4.40. The molecule has 2 rings (SSSR count). The van der Waals surface area contributed by atoms with Gasteiger partial charge in [0.25, 0.3) is 0 Å². The fraction of sp³-hybridized carbons (Fsp3) is 0.611. The third-order valence-electron chi connectivity index (χ3n) is 5.20. The van der Waals surface area contributed by atoms with Gasteiger partial charge in [-0.3, -0.25) is 4.79 Å². The minimum absolute atomic E-state index is 0.100. The standard InChI is InChI=1S/C18H26Cl2N2O/c1-3-18(4-2,14-5-6-15(19)16(20)11-14)12-22-17(23)13-7-9-21-10-8-13/h5-6,11,13,21H,3-4,7-10,12H2,1-2H3,(H,22,23). The van der Waals surface area contributed by atoms with Crippen LogP contribution in [0, 0.1) is 5.92 Å². The van der Waals surface area contributed by atoms with Crippen LogP contribution in [0.5, 0.6) is 0 Å². The first-order valence-electron chi connectivity index (χ1n) is 8.46. The van der Waals surface area contributed by atoms with Gasteiger partial charge < -0.3 is 10.6 Å². The molecule has 2 N–H and O–H groups in total. The maximum atomic E-state index is 12.4. The monoisotopic (exact) mass is 356 g/mol. The van der Waals surface area contributed by atoms with Crippen molar-refractivity contribution in [3.05, 3.63) is 33.8 Å². The second kappa shape index (κ2) is 8.36. The molecule has 1 aliphatic rings. The van der Waals surface area contributed by atoms with Gasteiger partial charge >= 0.3 is 0 Å². The summed E-state index contributed by atoms with van der Waals surface area (Å²) in [6, 6.07) is 5.80. The summed E-state index contributed by atoms with van der Waals surface area (Å²) < 4.78 is 0. The van der Waals surface area contributed by atoms with Crippen LogP contribution in [0.3, 0.4) is 0 Å². The Balaban J connectivity index is 2.10. The van der Waals surface area contributed by atoms with Crippen molar-refractivity contribution in [3.8, 4) is 0 Å². The van der Waals surface area contributed by atoms with E-state index in [4.69, 9.17) is 23.2 Å². The summed E-state index contributed by atoms with van der Waals surface area (Å²) in [4.78, 5) is 12.4. The SMILES string of the molecule is CCC(CC)(CNC(=O)C1CCNCC1)c1ccc(Cl)c(Cl)c1. The minimum Gasteiger partial charge on any atom is -0.355 e. The maximum absolute atomic E-state index is 12.4. The smallest absolute Gasteiger partial charge is 0.223 e. The lowest BCUT2D eigenvalue weighted by molar-refractivity contribution is -0.126. The van der Waals surface area contributed by atoms with Crippen molar-refractivity contribution in [2.24, 2.45) is 5.92 Å². The highest BCUT2D eigenvalue weighted by molar-refractivity contribution is 6.42. The van der Waals surface area contributed by atoms with Crippen molar-refractivity contribution in [2.75, 3.05) is 19.6 Å². The van der Waals surface area contributed by atoms with Crippen LogP contribution >= 0.6 is 23.2 Å². The van der Waals surface area contributed by atoms with Crippen LogP contribution in [0.1, 0.15) is 45.1 Å². The molecule has 0 unspecified atom stereocenters. The quantitative estimate of drug-likeness (QED) is 0.802. The summed E-state index contributed by atoms with van der Waals surface area (Å²) in [7, 11) is 0. The Kier molecular flexibility index (Phi) is 6.75. The molecule has 1 aliphatic heterocycles. The van der Waals surface area contributed by atoms with Crippen molar-refractivity contribution in [2.45, 2.75) is 44.9 Å². The number of hydrogen-bond acceptors (Lipinski definition) is 2. The lowest BCUT2D eigenvalue weighted by Crippen LogP contribution is -2.44. The van der Waals surface area contributed by atoms with E-state index < -0.39 is 0 Å². The zero-order valence-corrected chi connectivity index (χ0v) is 15.4. The van der Waals surface area contributed by atoms with Crippen molar-refractivity contribution in [1.82, 2.24) is 10.6 Å². The molecule has 1 saturated heterocycles. The van der Waals surface area contributed by atoms with Crippen LogP contribution in [0.2, 0.25) is 10.0 Å². The summed E-state index contributed by atoms with van der Waals surface area (Å²) in [5.41, 5.74) is 1.04. The summed E-state index contributed by atoms with van der Waals surface area (Å²) in [6.07, 6.45) is 3.72. The van der Waals surface area contributed by atoms with Gasteiger partial charge in [0.15, 0.2) is 0 Å². The van der Waals surface area contributed by atoms with E-state index in [1.165, 1.54) is 0 Å². The molecule has 0 atom stereocenters. The number of nitrogens with one attached hydrogen (secondary N) is 2. The molecule has 1 amide bonds. The molecule has 3 nitrogen and oxygen atoms in total. The molecule has 0 spiro atoms. The molecule has 128 valence electrons. The zero-order chi connectivity index (χ0) is 16.9. The lowest BCUT2D eigenvalue weighted by atomic mass is 9.75. The fourth-order valence-corrected chi connectivity index (χ4v) is 3.62. The van der Waals surface area contributed by atoms with Crippen LogP contribution in [-0.4, -0.2) is 25.5 Å². The highest BCUT2D eigenvalue weighted by Crippen LogP contribution is 2.35. The number of amides is 1. The highest BCUT2D eigenvalue weighted by atomic mass is 35.5. The predicted molar refractivity (Wildman–Crippen MR) is 97.3 cm³/mol. The molecule has 5 heteroatoms. The largest absolute Gasteiger partial charge is 0.355 e. The molecular weight excluding hydrogens is 331 g/mol. The van der Waals surface area contributed by atoms with Gasteiger partial charge in [0, 0.05) is 17.9 Å². The molecule has 1 aromatic carbocycles. The van der Waals surface area contributed by atoms with E-state index in [2.05, 4.69) is 24.5 Å². The number of carbonyl (C=O) groups excluding carboxylic acids is 1. The molecule has 23 heavy (non-hydrogen) atoms. The van der Waals surface area contributed by atoms with E-state index in [1.54, 1.807) is 0 Å². The normalized spacial score (nSPS) is 16.3. The molecule has 0 aliphatic carbocycles. The second-order valence-corrected chi connectivity index (χ2v) is 7.17. The van der Waals surface area contributed by atoms with Crippen LogP contribution in [0.25, 0.3) is 0 Å². The molecule has 0 bridgehead atoms. The molecule has 1 aromatic rings. The molecule has 0 radical (unpaired) electrons. The molecule has 0 aromatic heterocycles. The van der Waals surface area contributed by atoms with Crippen molar-refractivity contribution in [1.29, 1.82) is 0 Å². The first-order chi connectivity index (χ1) is 11.0. The van der Waals surface area contributed by atoms with E-state index >= 15 is 0 Å². The minimum atomic E-state index is -0.100. The van der Waals surface area contributed by atoms with Gasteiger partial charge in [0.2, 0.25) is 5.91 Å². The maximum Gasteiger partial charge on any atom is 0.223 e. The van der Waals surface area contributed by atoms with E-state index in [-0.39, 0.29) is 17.2 Å². The van der Waals surface area contributed by atoms with E-state index in [9.17, 15) is 4.79 Å². The van der Waals surface area contributed by atoms with Crippen molar-refractivity contribution < 1.29 is 4.79 Å². The van der Waals surface area contributed by atoms with Gasteiger partial charge in [-0.05, 0) is 56.5 Å².